The van der Waals surface area contributed by atoms with E-state index in [9.17, 15) is 14.4 Å². The number of hydrogen-bond donors (Lipinski definition) is 0. The van der Waals surface area contributed by atoms with E-state index in [1.54, 1.807) is 47.4 Å². The fraction of sp³-hybridized carbons (Fsp3) is 0.318. The summed E-state index contributed by atoms with van der Waals surface area (Å²) in [6.07, 6.45) is 0.0918. The molecular weight excluding hydrogens is 390 g/mol. The van der Waals surface area contributed by atoms with E-state index in [1.807, 2.05) is 0 Å². The van der Waals surface area contributed by atoms with Gasteiger partial charge in [0.2, 0.25) is 5.91 Å². The van der Waals surface area contributed by atoms with E-state index >= 15 is 0 Å². The van der Waals surface area contributed by atoms with Crippen LogP contribution in [0.5, 0.6) is 11.5 Å². The molecule has 0 saturated carbocycles. The molecule has 2 aromatic rings. The Morgan fingerprint density at radius 2 is 1.80 bits per heavy atom. The van der Waals surface area contributed by atoms with Gasteiger partial charge in [0.15, 0.2) is 11.5 Å². The average molecular weight is 411 g/mol. The van der Waals surface area contributed by atoms with Crippen LogP contribution in [0.2, 0.25) is 0 Å². The molecule has 2 heterocycles. The number of anilines is 1. The van der Waals surface area contributed by atoms with Gasteiger partial charge in [-0.2, -0.15) is 0 Å². The third-order valence-electron chi connectivity index (χ3n) is 5.05. The predicted octanol–water partition coefficient (Wildman–Crippen LogP) is 2.34. The molecule has 8 heteroatoms. The van der Waals surface area contributed by atoms with Crippen molar-refractivity contribution in [2.45, 2.75) is 13.0 Å². The fourth-order valence-corrected chi connectivity index (χ4v) is 3.44. The quantitative estimate of drug-likeness (QED) is 0.698. The maximum absolute atomic E-state index is 12.5. The Labute approximate surface area is 173 Å². The van der Waals surface area contributed by atoms with Crippen molar-refractivity contribution >= 4 is 23.5 Å². The molecule has 30 heavy (non-hydrogen) atoms. The monoisotopic (exact) mass is 411 g/mol. The number of ether oxygens (including phenoxy) is 4. The summed E-state index contributed by atoms with van der Waals surface area (Å²) in [7, 11) is 1.31. The Morgan fingerprint density at radius 3 is 2.53 bits per heavy atom. The summed E-state index contributed by atoms with van der Waals surface area (Å²) in [5, 5.41) is 0. The lowest BCUT2D eigenvalue weighted by Crippen LogP contribution is -2.26. The number of benzene rings is 2. The van der Waals surface area contributed by atoms with Crippen molar-refractivity contribution in [1.82, 2.24) is 0 Å². The van der Waals surface area contributed by atoms with Gasteiger partial charge < -0.3 is 23.8 Å². The first-order chi connectivity index (χ1) is 14.5. The summed E-state index contributed by atoms with van der Waals surface area (Å²) in [6.45, 7) is 1.27. The van der Waals surface area contributed by atoms with Gasteiger partial charge >= 0.3 is 11.9 Å². The first kappa shape index (κ1) is 19.8. The highest BCUT2D eigenvalue weighted by molar-refractivity contribution is 5.99. The Bertz CT molecular complexity index is 970. The minimum absolute atomic E-state index is 0.0645. The fourth-order valence-electron chi connectivity index (χ4n) is 3.44. The molecule has 0 radical (unpaired) electrons. The lowest BCUT2D eigenvalue weighted by molar-refractivity contribution is -0.149. The van der Waals surface area contributed by atoms with Crippen LogP contribution in [0, 0.1) is 5.92 Å². The van der Waals surface area contributed by atoms with Crippen LogP contribution in [-0.2, 0) is 25.7 Å². The van der Waals surface area contributed by atoms with Gasteiger partial charge in [-0.3, -0.25) is 9.59 Å². The van der Waals surface area contributed by atoms with Crippen LogP contribution in [-0.4, -0.2) is 44.7 Å². The zero-order valence-corrected chi connectivity index (χ0v) is 16.5. The van der Waals surface area contributed by atoms with Crippen LogP contribution in [0.1, 0.15) is 22.3 Å². The van der Waals surface area contributed by atoms with E-state index in [0.717, 1.165) is 5.56 Å². The summed E-state index contributed by atoms with van der Waals surface area (Å²) in [5.74, 6) is -0.308. The molecule has 1 saturated heterocycles. The van der Waals surface area contributed by atoms with Gasteiger partial charge in [0, 0.05) is 24.7 Å². The third kappa shape index (κ3) is 4.07. The Hall–Kier alpha value is -3.55. The zero-order chi connectivity index (χ0) is 21.1. The molecule has 2 aromatic carbocycles. The van der Waals surface area contributed by atoms with Gasteiger partial charge in [-0.15, -0.1) is 0 Å². The maximum atomic E-state index is 12.5. The van der Waals surface area contributed by atoms with Crippen molar-refractivity contribution in [3.63, 3.8) is 0 Å². The highest BCUT2D eigenvalue weighted by atomic mass is 16.6. The molecule has 8 nitrogen and oxygen atoms in total. The zero-order valence-electron chi connectivity index (χ0n) is 16.5. The molecule has 0 spiro atoms. The highest BCUT2D eigenvalue weighted by Crippen LogP contribution is 2.36. The molecule has 0 aliphatic carbocycles. The number of nitrogens with zero attached hydrogens (tertiary/aromatic N) is 1. The number of rotatable bonds is 5. The summed E-state index contributed by atoms with van der Waals surface area (Å²) < 4.78 is 21.1. The molecule has 0 aromatic heterocycles. The van der Waals surface area contributed by atoms with E-state index in [0.29, 0.717) is 36.0 Å². The number of carbonyl (C=O) groups is 3. The van der Waals surface area contributed by atoms with Gasteiger partial charge in [-0.25, -0.2) is 4.79 Å². The largest absolute Gasteiger partial charge is 0.486 e. The summed E-state index contributed by atoms with van der Waals surface area (Å²) in [4.78, 5) is 38.0. The van der Waals surface area contributed by atoms with Crippen molar-refractivity contribution in [2.24, 2.45) is 5.92 Å². The first-order valence-corrected chi connectivity index (χ1v) is 9.59. The molecule has 1 fully saturated rings. The van der Waals surface area contributed by atoms with Gasteiger partial charge in [0.25, 0.3) is 0 Å². The second-order valence-electron chi connectivity index (χ2n) is 7.03. The van der Waals surface area contributed by atoms with E-state index in [-0.39, 0.29) is 25.5 Å². The molecule has 2 aliphatic rings. The highest BCUT2D eigenvalue weighted by Gasteiger charge is 2.36. The summed E-state index contributed by atoms with van der Waals surface area (Å²) in [6, 6.07) is 11.9. The van der Waals surface area contributed by atoms with Gasteiger partial charge in [-0.1, -0.05) is 12.1 Å². The van der Waals surface area contributed by atoms with Crippen LogP contribution in [0.15, 0.2) is 42.5 Å². The first-order valence-electron chi connectivity index (χ1n) is 9.59. The molecule has 156 valence electrons. The maximum Gasteiger partial charge on any atom is 0.337 e. The molecule has 4 rings (SSSR count). The van der Waals surface area contributed by atoms with Gasteiger partial charge in [-0.05, 0) is 29.8 Å². The van der Waals surface area contributed by atoms with Crippen LogP contribution >= 0.6 is 0 Å². The smallest absolute Gasteiger partial charge is 0.337 e. The molecule has 1 amide bonds. The minimum atomic E-state index is -0.542. The average Bonchev–Trinajstić information content (AvgIpc) is 3.18. The Balaban J connectivity index is 1.35. The van der Waals surface area contributed by atoms with Crippen molar-refractivity contribution in [2.75, 3.05) is 31.8 Å². The predicted molar refractivity (Wildman–Crippen MR) is 105 cm³/mol. The molecule has 0 N–H and O–H groups in total. The van der Waals surface area contributed by atoms with Gasteiger partial charge in [0.1, 0.15) is 19.8 Å². The van der Waals surface area contributed by atoms with Crippen molar-refractivity contribution in [1.29, 1.82) is 0 Å². The number of hydrogen-bond acceptors (Lipinski definition) is 7. The van der Waals surface area contributed by atoms with Gasteiger partial charge in [0.05, 0.1) is 18.6 Å². The number of carbonyl (C=O) groups excluding carboxylic acids is 3. The number of fused-ring (bicyclic) bond motifs is 1. The van der Waals surface area contributed by atoms with Crippen molar-refractivity contribution in [3.8, 4) is 11.5 Å². The second kappa shape index (κ2) is 8.44. The van der Waals surface area contributed by atoms with E-state index in [4.69, 9.17) is 14.2 Å². The normalized spacial score (nSPS) is 17.6. The van der Waals surface area contributed by atoms with Crippen LogP contribution in [0.4, 0.5) is 5.69 Å². The minimum Gasteiger partial charge on any atom is -0.486 e. The molecule has 0 unspecified atom stereocenters. The SMILES string of the molecule is COC(=O)c1ccc(COC(=O)[C@H]2CC(=O)N(c3ccc4c(c3)OCCO4)C2)cc1. The Morgan fingerprint density at radius 1 is 1.07 bits per heavy atom. The van der Waals surface area contributed by atoms with Crippen LogP contribution in [0.25, 0.3) is 0 Å². The van der Waals surface area contributed by atoms with Crippen molar-refractivity contribution < 1.29 is 33.3 Å². The molecule has 0 bridgehead atoms. The van der Waals surface area contributed by atoms with E-state index in [1.165, 1.54) is 7.11 Å². The van der Waals surface area contributed by atoms with Crippen LogP contribution in [0.3, 0.4) is 0 Å². The summed E-state index contributed by atoms with van der Waals surface area (Å²) >= 11 is 0. The number of methoxy groups -OCH3 is 1. The summed E-state index contributed by atoms with van der Waals surface area (Å²) in [5.41, 5.74) is 1.83. The topological polar surface area (TPSA) is 91.4 Å². The van der Waals surface area contributed by atoms with E-state index < -0.39 is 17.9 Å². The third-order valence-corrected chi connectivity index (χ3v) is 5.05. The number of amides is 1. The molecule has 2 aliphatic heterocycles. The molecular formula is C22H21NO7. The number of esters is 2. The van der Waals surface area contributed by atoms with Crippen molar-refractivity contribution in [3.05, 3.63) is 53.6 Å². The lowest BCUT2D eigenvalue weighted by Gasteiger charge is -2.22. The Kier molecular flexibility index (Phi) is 5.56. The standard InChI is InChI=1S/C22H21NO7/c1-27-21(25)15-4-2-14(3-5-15)13-30-22(26)16-10-20(24)23(12-16)17-6-7-18-19(11-17)29-9-8-28-18/h2-7,11,16H,8-10,12-13H2,1H3/t16-/m0/s1. The van der Waals surface area contributed by atoms with Crippen LogP contribution < -0.4 is 14.4 Å². The van der Waals surface area contributed by atoms with E-state index in [2.05, 4.69) is 4.74 Å². The second-order valence-corrected chi connectivity index (χ2v) is 7.03. The molecule has 1 atom stereocenters. The lowest BCUT2D eigenvalue weighted by atomic mass is 10.1.